The van der Waals surface area contributed by atoms with Crippen LogP contribution in [0.2, 0.25) is 0 Å². The molecule has 0 atom stereocenters. The third-order valence-corrected chi connectivity index (χ3v) is 3.37. The summed E-state index contributed by atoms with van der Waals surface area (Å²) >= 11 is 0. The molecule has 21 heavy (non-hydrogen) atoms. The van der Waals surface area contributed by atoms with Crippen LogP contribution in [0.5, 0.6) is 11.5 Å². The summed E-state index contributed by atoms with van der Waals surface area (Å²) in [6, 6.07) is 11.2. The Morgan fingerprint density at radius 1 is 1.19 bits per heavy atom. The summed E-state index contributed by atoms with van der Waals surface area (Å²) in [5, 5.41) is 3.27. The number of ether oxygens (including phenoxy) is 2. The molecule has 2 aromatic carbocycles. The fourth-order valence-electron chi connectivity index (χ4n) is 2.23. The first-order valence-corrected chi connectivity index (χ1v) is 6.66. The molecule has 5 nitrogen and oxygen atoms in total. The Bertz CT molecular complexity index is 698. The molecule has 1 heterocycles. The summed E-state index contributed by atoms with van der Waals surface area (Å²) in [6.45, 7) is 2.40. The van der Waals surface area contributed by atoms with Crippen molar-refractivity contribution >= 4 is 17.2 Å². The van der Waals surface area contributed by atoms with Crippen LogP contribution >= 0.6 is 0 Å². The average molecular weight is 284 g/mol. The van der Waals surface area contributed by atoms with Crippen LogP contribution in [-0.4, -0.2) is 12.6 Å². The fourth-order valence-corrected chi connectivity index (χ4v) is 2.23. The Morgan fingerprint density at radius 2 is 2.00 bits per heavy atom. The van der Waals surface area contributed by atoms with Crippen LogP contribution in [0.25, 0.3) is 0 Å². The quantitative estimate of drug-likeness (QED) is 0.667. The number of nitrogens with one attached hydrogen (secondary N) is 1. The van der Waals surface area contributed by atoms with Gasteiger partial charge in [-0.2, -0.15) is 0 Å². The Morgan fingerprint density at radius 3 is 2.81 bits per heavy atom. The van der Waals surface area contributed by atoms with Crippen molar-refractivity contribution in [2.45, 2.75) is 13.5 Å². The van der Waals surface area contributed by atoms with Crippen LogP contribution in [-0.2, 0) is 6.54 Å². The van der Waals surface area contributed by atoms with E-state index in [9.17, 15) is 4.79 Å². The van der Waals surface area contributed by atoms with Gasteiger partial charge in [0.25, 0.3) is 0 Å². The Hall–Kier alpha value is -2.69. The molecule has 1 aliphatic rings. The summed E-state index contributed by atoms with van der Waals surface area (Å²) in [4.78, 5) is 11.5. The molecule has 0 bridgehead atoms. The van der Waals surface area contributed by atoms with Gasteiger partial charge in [-0.3, -0.25) is 4.79 Å². The molecule has 0 saturated heterocycles. The molecular formula is C16H16N2O3. The van der Waals surface area contributed by atoms with Crippen molar-refractivity contribution < 1.29 is 14.3 Å². The third-order valence-electron chi connectivity index (χ3n) is 3.37. The first-order chi connectivity index (χ1) is 10.1. The lowest BCUT2D eigenvalue weighted by Crippen LogP contribution is -2.03. The van der Waals surface area contributed by atoms with Crippen LogP contribution in [0.1, 0.15) is 22.8 Å². The maximum Gasteiger partial charge on any atom is 0.231 e. The van der Waals surface area contributed by atoms with E-state index in [4.69, 9.17) is 15.2 Å². The van der Waals surface area contributed by atoms with Crippen LogP contribution < -0.4 is 20.5 Å². The molecule has 0 unspecified atom stereocenters. The molecule has 0 aliphatic carbocycles. The number of benzene rings is 2. The van der Waals surface area contributed by atoms with E-state index in [0.29, 0.717) is 17.8 Å². The molecule has 5 heteroatoms. The highest BCUT2D eigenvalue weighted by molar-refractivity contribution is 6.00. The largest absolute Gasteiger partial charge is 0.454 e. The summed E-state index contributed by atoms with van der Waals surface area (Å²) in [6.07, 6.45) is 0. The van der Waals surface area contributed by atoms with E-state index in [-0.39, 0.29) is 12.6 Å². The molecule has 108 valence electrons. The molecular weight excluding hydrogens is 268 g/mol. The fraction of sp³-hybridized carbons (Fsp3) is 0.188. The molecule has 0 aromatic heterocycles. The molecule has 1 aliphatic heterocycles. The molecule has 0 saturated carbocycles. The molecule has 0 fully saturated rings. The van der Waals surface area contributed by atoms with Gasteiger partial charge in [0.05, 0.1) is 0 Å². The second-order valence-corrected chi connectivity index (χ2v) is 4.90. The number of carbonyl (C=O) groups is 1. The highest BCUT2D eigenvalue weighted by atomic mass is 16.7. The maximum absolute atomic E-state index is 11.5. The Balaban J connectivity index is 1.73. The number of Topliss-reactive ketones (excluding diaryl/α,β-unsaturated/α-hetero) is 1. The van der Waals surface area contributed by atoms with E-state index in [1.165, 1.54) is 6.92 Å². The summed E-state index contributed by atoms with van der Waals surface area (Å²) in [5.41, 5.74) is 8.73. The van der Waals surface area contributed by atoms with E-state index < -0.39 is 0 Å². The van der Waals surface area contributed by atoms with Crippen LogP contribution in [0, 0.1) is 0 Å². The topological polar surface area (TPSA) is 73.6 Å². The lowest BCUT2D eigenvalue weighted by Gasteiger charge is -2.10. The number of nitrogen functional groups attached to an aromatic ring is 1. The van der Waals surface area contributed by atoms with Crippen molar-refractivity contribution in [2.75, 3.05) is 17.8 Å². The monoisotopic (exact) mass is 284 g/mol. The highest BCUT2D eigenvalue weighted by Crippen LogP contribution is 2.32. The van der Waals surface area contributed by atoms with Crippen LogP contribution in [0.4, 0.5) is 11.4 Å². The predicted molar refractivity (Wildman–Crippen MR) is 80.8 cm³/mol. The third kappa shape index (κ3) is 2.76. The summed E-state index contributed by atoms with van der Waals surface area (Å²) < 4.78 is 10.6. The lowest BCUT2D eigenvalue weighted by atomic mass is 10.1. The SMILES string of the molecule is CC(=O)c1cc(NCc2ccc3c(c2)OCO3)ccc1N. The van der Waals surface area contributed by atoms with E-state index in [1.807, 2.05) is 24.3 Å². The predicted octanol–water partition coefficient (Wildman–Crippen LogP) is 2.81. The number of nitrogens with two attached hydrogens (primary N) is 1. The van der Waals surface area contributed by atoms with E-state index in [1.54, 1.807) is 12.1 Å². The highest BCUT2D eigenvalue weighted by Gasteiger charge is 2.13. The number of fused-ring (bicyclic) bond motifs is 1. The van der Waals surface area contributed by atoms with Gasteiger partial charge in [0.2, 0.25) is 6.79 Å². The number of ketones is 1. The molecule has 3 N–H and O–H groups in total. The van der Waals surface area contributed by atoms with Gasteiger partial charge in [-0.25, -0.2) is 0 Å². The average Bonchev–Trinajstić information content (AvgIpc) is 2.93. The normalized spacial score (nSPS) is 12.2. The van der Waals surface area contributed by atoms with Gasteiger partial charge >= 0.3 is 0 Å². The Labute approximate surface area is 122 Å². The van der Waals surface area contributed by atoms with Crippen molar-refractivity contribution in [3.8, 4) is 11.5 Å². The maximum atomic E-state index is 11.5. The van der Waals surface area contributed by atoms with Gasteiger partial charge < -0.3 is 20.5 Å². The first kappa shape index (κ1) is 13.3. The molecule has 2 aromatic rings. The molecule has 3 rings (SSSR count). The molecule has 0 amide bonds. The minimum absolute atomic E-state index is 0.0424. The smallest absolute Gasteiger partial charge is 0.231 e. The number of anilines is 2. The first-order valence-electron chi connectivity index (χ1n) is 6.66. The van der Waals surface area contributed by atoms with E-state index in [0.717, 1.165) is 22.7 Å². The number of carbonyl (C=O) groups excluding carboxylic acids is 1. The van der Waals surface area contributed by atoms with E-state index >= 15 is 0 Å². The molecule has 0 radical (unpaired) electrons. The second-order valence-electron chi connectivity index (χ2n) is 4.90. The second kappa shape index (κ2) is 5.36. The minimum atomic E-state index is -0.0424. The zero-order valence-electron chi connectivity index (χ0n) is 11.7. The van der Waals surface area contributed by atoms with Gasteiger partial charge in [0, 0.05) is 23.5 Å². The lowest BCUT2D eigenvalue weighted by molar-refractivity contribution is 0.101. The zero-order chi connectivity index (χ0) is 14.8. The van der Waals surface area contributed by atoms with Crippen molar-refractivity contribution in [3.63, 3.8) is 0 Å². The summed E-state index contributed by atoms with van der Waals surface area (Å²) in [7, 11) is 0. The van der Waals surface area contributed by atoms with Gasteiger partial charge in [-0.05, 0) is 42.8 Å². The van der Waals surface area contributed by atoms with Gasteiger partial charge in [-0.1, -0.05) is 6.07 Å². The molecule has 0 spiro atoms. The van der Waals surface area contributed by atoms with Gasteiger partial charge in [0.1, 0.15) is 0 Å². The van der Waals surface area contributed by atoms with E-state index in [2.05, 4.69) is 5.32 Å². The van der Waals surface area contributed by atoms with Crippen LogP contribution in [0.3, 0.4) is 0 Å². The minimum Gasteiger partial charge on any atom is -0.454 e. The van der Waals surface area contributed by atoms with Crippen molar-refractivity contribution in [1.82, 2.24) is 0 Å². The number of hydrogen-bond donors (Lipinski definition) is 2. The van der Waals surface area contributed by atoms with Crippen LogP contribution in [0.15, 0.2) is 36.4 Å². The van der Waals surface area contributed by atoms with Gasteiger partial charge in [0.15, 0.2) is 17.3 Å². The van der Waals surface area contributed by atoms with Crippen molar-refractivity contribution in [1.29, 1.82) is 0 Å². The van der Waals surface area contributed by atoms with Crippen molar-refractivity contribution in [3.05, 3.63) is 47.5 Å². The van der Waals surface area contributed by atoms with Crippen molar-refractivity contribution in [2.24, 2.45) is 0 Å². The zero-order valence-corrected chi connectivity index (χ0v) is 11.7. The number of rotatable bonds is 4. The van der Waals surface area contributed by atoms with Gasteiger partial charge in [-0.15, -0.1) is 0 Å². The summed E-state index contributed by atoms with van der Waals surface area (Å²) in [5.74, 6) is 1.49. The number of hydrogen-bond acceptors (Lipinski definition) is 5. The standard InChI is InChI=1S/C16H16N2O3/c1-10(19)13-7-12(3-4-14(13)17)18-8-11-2-5-15-16(6-11)21-9-20-15/h2-7,18H,8-9,17H2,1H3. The Kier molecular flexibility index (Phi) is 3.39.